The van der Waals surface area contributed by atoms with Crippen LogP contribution in [0.25, 0.3) is 0 Å². The van der Waals surface area contributed by atoms with Crippen molar-refractivity contribution >= 4 is 58.7 Å². The van der Waals surface area contributed by atoms with Gasteiger partial charge in [-0.1, -0.05) is 11.8 Å². The molecule has 0 atom stereocenters. The highest BCUT2D eigenvalue weighted by atomic mass is 127. The number of ether oxygens (including phenoxy) is 2. The summed E-state index contributed by atoms with van der Waals surface area (Å²) in [6, 6.07) is 5.73. The average Bonchev–Trinajstić information content (AvgIpc) is 3.15. The first-order valence-electron chi connectivity index (χ1n) is 8.07. The minimum Gasteiger partial charge on any atom is -0.493 e. The molecule has 0 aliphatic carbocycles. The van der Waals surface area contributed by atoms with Crippen molar-refractivity contribution in [1.29, 1.82) is 0 Å². The summed E-state index contributed by atoms with van der Waals surface area (Å²) in [6.07, 6.45) is 2.86. The zero-order valence-electron chi connectivity index (χ0n) is 15.2. The van der Waals surface area contributed by atoms with Gasteiger partial charge in [-0.25, -0.2) is 4.98 Å². The molecule has 0 aliphatic heterocycles. The van der Waals surface area contributed by atoms with Gasteiger partial charge in [-0.05, 0) is 25.5 Å². The van der Waals surface area contributed by atoms with E-state index in [0.29, 0.717) is 12.4 Å². The minimum atomic E-state index is 0. The van der Waals surface area contributed by atoms with Gasteiger partial charge in [0.05, 0.1) is 13.7 Å². The molecule has 0 bridgehead atoms. The minimum absolute atomic E-state index is 0. The molecule has 1 heterocycles. The summed E-state index contributed by atoms with van der Waals surface area (Å²) < 4.78 is 12.0. The number of rotatable bonds is 9. The van der Waals surface area contributed by atoms with Crippen LogP contribution in [0.4, 0.5) is 5.69 Å². The third-order valence-electron chi connectivity index (χ3n) is 3.20. The Morgan fingerprint density at radius 3 is 2.85 bits per heavy atom. The first kappa shape index (κ1) is 22.8. The van der Waals surface area contributed by atoms with E-state index >= 15 is 0 Å². The van der Waals surface area contributed by atoms with Gasteiger partial charge in [-0.3, -0.25) is 4.99 Å². The van der Waals surface area contributed by atoms with Gasteiger partial charge in [-0.15, -0.1) is 35.3 Å². The van der Waals surface area contributed by atoms with Crippen molar-refractivity contribution in [2.45, 2.75) is 17.7 Å². The molecule has 1 aromatic carbocycles. The molecule has 9 heteroatoms. The summed E-state index contributed by atoms with van der Waals surface area (Å²) in [5.74, 6) is 3.18. The van der Waals surface area contributed by atoms with E-state index in [0.717, 1.165) is 40.5 Å². The average molecular weight is 508 g/mol. The highest BCUT2D eigenvalue weighted by molar-refractivity contribution is 14.0. The topological polar surface area (TPSA) is 67.8 Å². The van der Waals surface area contributed by atoms with Gasteiger partial charge in [0, 0.05) is 42.7 Å². The predicted molar refractivity (Wildman–Crippen MR) is 122 cm³/mol. The van der Waals surface area contributed by atoms with E-state index in [1.165, 1.54) is 0 Å². The maximum atomic E-state index is 5.53. The fourth-order valence-corrected chi connectivity index (χ4v) is 3.70. The number of hydrogen-bond acceptors (Lipinski definition) is 6. The Labute approximate surface area is 180 Å². The summed E-state index contributed by atoms with van der Waals surface area (Å²) >= 11 is 3.45. The maximum absolute atomic E-state index is 5.53. The van der Waals surface area contributed by atoms with Gasteiger partial charge in [0.1, 0.15) is 4.34 Å². The zero-order valence-corrected chi connectivity index (χ0v) is 19.1. The molecule has 1 aromatic heterocycles. The van der Waals surface area contributed by atoms with Crippen LogP contribution in [0, 0.1) is 0 Å². The lowest BCUT2D eigenvalue weighted by Crippen LogP contribution is -2.31. The van der Waals surface area contributed by atoms with Gasteiger partial charge in [0.25, 0.3) is 0 Å². The Kier molecular flexibility index (Phi) is 11.5. The normalized spacial score (nSPS) is 10.8. The molecule has 0 spiro atoms. The molecular weight excluding hydrogens is 483 g/mol. The SMILES string of the molecule is CCOc1ccc(NC(=NC)NCCCSc2nccs2)cc1OC.I. The number of benzene rings is 1. The van der Waals surface area contributed by atoms with E-state index in [9.17, 15) is 0 Å². The van der Waals surface area contributed by atoms with E-state index in [1.807, 2.05) is 36.7 Å². The number of nitrogens with one attached hydrogen (secondary N) is 2. The lowest BCUT2D eigenvalue weighted by molar-refractivity contribution is 0.311. The highest BCUT2D eigenvalue weighted by Gasteiger charge is 2.07. The van der Waals surface area contributed by atoms with Crippen LogP contribution >= 0.6 is 47.1 Å². The monoisotopic (exact) mass is 508 g/mol. The molecule has 26 heavy (non-hydrogen) atoms. The first-order chi connectivity index (χ1) is 12.3. The maximum Gasteiger partial charge on any atom is 0.195 e. The number of thioether (sulfide) groups is 1. The number of anilines is 1. The number of halogens is 1. The van der Waals surface area contributed by atoms with E-state index < -0.39 is 0 Å². The Morgan fingerprint density at radius 1 is 1.35 bits per heavy atom. The van der Waals surface area contributed by atoms with Gasteiger partial charge in [0.2, 0.25) is 0 Å². The van der Waals surface area contributed by atoms with Crippen LogP contribution in [0.1, 0.15) is 13.3 Å². The fourth-order valence-electron chi connectivity index (χ4n) is 2.06. The van der Waals surface area contributed by atoms with Gasteiger partial charge in [-0.2, -0.15) is 0 Å². The molecule has 2 aromatic rings. The van der Waals surface area contributed by atoms with E-state index in [1.54, 1.807) is 37.3 Å². The van der Waals surface area contributed by atoms with E-state index in [2.05, 4.69) is 20.6 Å². The van der Waals surface area contributed by atoms with Crippen LogP contribution < -0.4 is 20.1 Å². The van der Waals surface area contributed by atoms with Crippen molar-refractivity contribution in [3.63, 3.8) is 0 Å². The second-order valence-corrected chi connectivity index (χ2v) is 7.16. The van der Waals surface area contributed by atoms with Crippen LogP contribution in [0.15, 0.2) is 39.1 Å². The molecule has 0 fully saturated rings. The third-order valence-corrected chi connectivity index (χ3v) is 5.25. The molecule has 0 saturated heterocycles. The van der Waals surface area contributed by atoms with Crippen molar-refractivity contribution in [3.05, 3.63) is 29.8 Å². The largest absolute Gasteiger partial charge is 0.493 e. The molecule has 0 saturated carbocycles. The van der Waals surface area contributed by atoms with Crippen molar-refractivity contribution in [3.8, 4) is 11.5 Å². The quantitative estimate of drug-likeness (QED) is 0.173. The fraction of sp³-hybridized carbons (Fsp3) is 0.412. The molecule has 2 N–H and O–H groups in total. The lowest BCUT2D eigenvalue weighted by atomic mass is 10.2. The molecule has 6 nitrogen and oxygen atoms in total. The molecule has 144 valence electrons. The Hall–Kier alpha value is -1.20. The second kappa shape index (κ2) is 13.0. The first-order valence-corrected chi connectivity index (χ1v) is 9.94. The van der Waals surface area contributed by atoms with Crippen LogP contribution in [0.3, 0.4) is 0 Å². The Bertz CT molecular complexity index is 669. The smallest absolute Gasteiger partial charge is 0.195 e. The number of aromatic nitrogens is 1. The van der Waals surface area contributed by atoms with Crippen LogP contribution in [-0.4, -0.2) is 44.0 Å². The van der Waals surface area contributed by atoms with Gasteiger partial charge >= 0.3 is 0 Å². The number of nitrogens with zero attached hydrogens (tertiary/aromatic N) is 2. The van der Waals surface area contributed by atoms with Gasteiger partial charge < -0.3 is 20.1 Å². The summed E-state index contributed by atoms with van der Waals surface area (Å²) in [6.45, 7) is 3.39. The molecule has 0 radical (unpaired) electrons. The van der Waals surface area contributed by atoms with Crippen molar-refractivity contribution in [1.82, 2.24) is 10.3 Å². The predicted octanol–water partition coefficient (Wildman–Crippen LogP) is 4.34. The Balaban J connectivity index is 0.00000338. The second-order valence-electron chi connectivity index (χ2n) is 4.92. The summed E-state index contributed by atoms with van der Waals surface area (Å²) in [7, 11) is 3.39. The number of thiazole rings is 1. The van der Waals surface area contributed by atoms with Crippen LogP contribution in [0.5, 0.6) is 11.5 Å². The number of guanidine groups is 1. The molecule has 0 aliphatic rings. The third kappa shape index (κ3) is 7.58. The molecule has 0 unspecified atom stereocenters. The Morgan fingerprint density at radius 2 is 2.19 bits per heavy atom. The summed E-state index contributed by atoms with van der Waals surface area (Å²) in [5, 5.41) is 8.57. The number of aliphatic imine (C=N–C) groups is 1. The molecular formula is C17H25IN4O2S2. The van der Waals surface area contributed by atoms with Crippen LogP contribution in [0.2, 0.25) is 0 Å². The van der Waals surface area contributed by atoms with E-state index in [-0.39, 0.29) is 24.0 Å². The number of hydrogen-bond donors (Lipinski definition) is 2. The van der Waals surface area contributed by atoms with Crippen molar-refractivity contribution < 1.29 is 9.47 Å². The van der Waals surface area contributed by atoms with Gasteiger partial charge in [0.15, 0.2) is 17.5 Å². The van der Waals surface area contributed by atoms with Crippen molar-refractivity contribution in [2.24, 2.45) is 4.99 Å². The standard InChI is InChI=1S/C17H24N4O2S2.HI/c1-4-23-14-7-6-13(12-15(14)22-3)21-16(18-2)19-8-5-10-24-17-20-9-11-25-17;/h6-7,9,11-12H,4-5,8,10H2,1-3H3,(H2,18,19,21);1H. The highest BCUT2D eigenvalue weighted by Crippen LogP contribution is 2.30. The zero-order chi connectivity index (χ0) is 17.9. The summed E-state index contributed by atoms with van der Waals surface area (Å²) in [5.41, 5.74) is 0.894. The molecule has 0 amide bonds. The lowest BCUT2D eigenvalue weighted by Gasteiger charge is -2.14. The van der Waals surface area contributed by atoms with Crippen molar-refractivity contribution in [2.75, 3.05) is 38.4 Å². The number of methoxy groups -OCH3 is 1. The molecule has 2 rings (SSSR count). The summed E-state index contributed by atoms with van der Waals surface area (Å²) in [4.78, 5) is 8.51. The van der Waals surface area contributed by atoms with Crippen LogP contribution in [-0.2, 0) is 0 Å². The van der Waals surface area contributed by atoms with E-state index in [4.69, 9.17) is 9.47 Å².